The van der Waals surface area contributed by atoms with Crippen molar-refractivity contribution in [2.75, 3.05) is 0 Å². The van der Waals surface area contributed by atoms with E-state index in [4.69, 9.17) is 29.5 Å². The van der Waals surface area contributed by atoms with Gasteiger partial charge in [0.15, 0.2) is 0 Å². The van der Waals surface area contributed by atoms with Crippen LogP contribution in [0.15, 0.2) is 12.2 Å². The second kappa shape index (κ2) is 9.60. The number of carbonyl (C=O) groups is 2. The zero-order valence-corrected chi connectivity index (χ0v) is 9.87. The molecule has 0 aromatic rings. The molecule has 0 saturated carbocycles. The molecule has 10 heteroatoms. The molecule has 0 aromatic heterocycles. The average Bonchev–Trinajstić information content (AvgIpc) is 1.79. The van der Waals surface area contributed by atoms with Gasteiger partial charge in [-0.25, -0.2) is 14.2 Å². The number of rotatable bonds is 2. The van der Waals surface area contributed by atoms with Crippen LogP contribution in [0.1, 0.15) is 2.85 Å². The van der Waals surface area contributed by atoms with E-state index in [9.17, 15) is 9.59 Å². The van der Waals surface area contributed by atoms with Crippen LogP contribution < -0.4 is 0 Å². The fraction of sp³-hybridized carbons (Fsp3) is 0. The van der Waals surface area contributed by atoms with E-state index >= 15 is 0 Å². The molecule has 8 nitrogen and oxygen atoms in total. The number of hydrogen-bond donors (Lipinski definition) is 5. The van der Waals surface area contributed by atoms with Gasteiger partial charge >= 0.3 is 57.5 Å². The van der Waals surface area contributed by atoms with E-state index in [1.54, 1.807) is 0 Å². The van der Waals surface area contributed by atoms with Crippen molar-refractivity contribution in [3.63, 3.8) is 0 Å². The molecule has 0 rings (SSSR count). The third-order valence-corrected chi connectivity index (χ3v) is 0.368. The Morgan fingerprint density at radius 1 is 1.00 bits per heavy atom. The number of carboxylic acids is 2. The summed E-state index contributed by atoms with van der Waals surface area (Å²) in [6.07, 6.45) is 1.12. The molecule has 0 atom stereocenters. The fourth-order valence-electron chi connectivity index (χ4n) is 0.143. The van der Waals surface area contributed by atoms with Crippen molar-refractivity contribution in [3.8, 4) is 0 Å². The average molecular weight is 256 g/mol. The largest absolute Gasteiger partial charge is 2.00 e. The van der Waals surface area contributed by atoms with Crippen LogP contribution in [0.3, 0.4) is 0 Å². The maximum Gasteiger partial charge on any atom is 2.00 e. The van der Waals surface area contributed by atoms with E-state index < -0.39 is 19.8 Å². The molecule has 0 fully saturated rings. The van der Waals surface area contributed by atoms with Gasteiger partial charge in [-0.3, -0.25) is 0 Å². The van der Waals surface area contributed by atoms with Gasteiger partial charge in [0.25, 0.3) is 0 Å². The van der Waals surface area contributed by atoms with Crippen molar-refractivity contribution in [1.82, 2.24) is 0 Å². The zero-order valence-electron chi connectivity index (χ0n) is 8.77. The van der Waals surface area contributed by atoms with Gasteiger partial charge in [-0.2, -0.15) is 0 Å². The summed E-state index contributed by atoms with van der Waals surface area (Å²) in [5, 5.41) is 15.6. The van der Waals surface area contributed by atoms with Crippen LogP contribution in [-0.2, 0) is 14.2 Å². The number of aliphatic carboxylic acids is 2. The van der Waals surface area contributed by atoms with Gasteiger partial charge in [0.05, 0.1) is 0 Å². The van der Waals surface area contributed by atoms with Gasteiger partial charge in [-0.05, 0) is 0 Å². The molecule has 0 aromatic carbocycles. The Labute approximate surface area is 111 Å². The molecule has 80 valence electrons. The minimum absolute atomic E-state index is 0. The van der Waals surface area contributed by atoms with Gasteiger partial charge in [-0.15, -0.1) is 0 Å². The van der Waals surface area contributed by atoms with E-state index in [1.807, 2.05) is 0 Å². The Kier molecular flexibility index (Phi) is 13.4. The zero-order chi connectivity index (χ0) is 11.1. The molecule has 0 spiro atoms. The molecular formula is C4H9CaO8P. The first-order valence-corrected chi connectivity index (χ1v) is 4.11. The van der Waals surface area contributed by atoms with E-state index in [0.29, 0.717) is 12.2 Å². The van der Waals surface area contributed by atoms with Gasteiger partial charge in [0, 0.05) is 12.2 Å². The first kappa shape index (κ1) is 19.6. The third kappa shape index (κ3) is 57.7. The Morgan fingerprint density at radius 2 is 1.14 bits per heavy atom. The number of hydrogen-bond acceptors (Lipinski definition) is 3. The summed E-state index contributed by atoms with van der Waals surface area (Å²) in [4.78, 5) is 40.7. The van der Waals surface area contributed by atoms with Crippen LogP contribution in [0.25, 0.3) is 0 Å². The Hall–Kier alpha value is 0.0497. The van der Waals surface area contributed by atoms with Crippen LogP contribution >= 0.6 is 7.82 Å². The summed E-state index contributed by atoms with van der Waals surface area (Å²) in [6, 6.07) is 0. The van der Waals surface area contributed by atoms with Crippen LogP contribution in [0, 0.1) is 0 Å². The maximum atomic E-state index is 9.55. The molecule has 0 aliphatic heterocycles. The molecule has 0 radical (unpaired) electrons. The smallest absolute Gasteiger partial charge is 1.00 e. The van der Waals surface area contributed by atoms with Crippen molar-refractivity contribution >= 4 is 57.5 Å². The van der Waals surface area contributed by atoms with E-state index in [0.717, 1.165) is 0 Å². The van der Waals surface area contributed by atoms with E-state index in [-0.39, 0.29) is 40.6 Å². The standard InChI is InChI=1S/C4H4O4.Ca.H3O4P.2H/c5-3(6)1-2-4(7)8;;1-5(2,3)4;;/h1-2H,(H,5,6)(H,7,8);;(H3,1,2,3,4);;/q;+2;;2*-1/b2-1-;;;;. The molecule has 5 N–H and O–H groups in total. The Morgan fingerprint density at radius 3 is 1.21 bits per heavy atom. The van der Waals surface area contributed by atoms with Crippen molar-refractivity contribution in [2.45, 2.75) is 0 Å². The number of carboxylic acid groups (broad SMARTS) is 2. The Balaban J connectivity index is -0.0000000454. The van der Waals surface area contributed by atoms with Crippen molar-refractivity contribution < 1.29 is 41.9 Å². The predicted molar refractivity (Wildman–Crippen MR) is 46.7 cm³/mol. The molecule has 0 saturated heterocycles. The van der Waals surface area contributed by atoms with Crippen LogP contribution in [0.4, 0.5) is 0 Å². The summed E-state index contributed by atoms with van der Waals surface area (Å²) in [5.41, 5.74) is 0. The minimum atomic E-state index is -4.64. The fourth-order valence-corrected chi connectivity index (χ4v) is 0.143. The SMILES string of the molecule is O=C(O)/C=C\C(=O)O.O=P(O)(O)O.[Ca+2].[H-].[H-]. The second-order valence-corrected chi connectivity index (χ2v) is 2.55. The summed E-state index contributed by atoms with van der Waals surface area (Å²) in [5.74, 6) is -2.51. The number of phosphoric acid groups is 1. The molecule has 0 heterocycles. The van der Waals surface area contributed by atoms with Gasteiger partial charge in [0.2, 0.25) is 0 Å². The minimum Gasteiger partial charge on any atom is -1.00 e. The summed E-state index contributed by atoms with van der Waals surface area (Å²) >= 11 is 0. The monoisotopic (exact) mass is 256 g/mol. The predicted octanol–water partition coefficient (Wildman–Crippen LogP) is -1.37. The molecule has 0 aliphatic rings. The van der Waals surface area contributed by atoms with E-state index in [1.165, 1.54) is 0 Å². The van der Waals surface area contributed by atoms with Gasteiger partial charge in [-0.1, -0.05) is 0 Å². The van der Waals surface area contributed by atoms with Gasteiger partial charge in [0.1, 0.15) is 0 Å². The third-order valence-electron chi connectivity index (χ3n) is 0.368. The maximum absolute atomic E-state index is 9.55. The summed E-state index contributed by atoms with van der Waals surface area (Å²) < 4.78 is 8.88. The Bertz CT molecular complexity index is 238. The normalized spacial score (nSPS) is 9.64. The van der Waals surface area contributed by atoms with Crippen LogP contribution in [-0.4, -0.2) is 74.6 Å². The van der Waals surface area contributed by atoms with Crippen molar-refractivity contribution in [2.24, 2.45) is 0 Å². The first-order valence-electron chi connectivity index (χ1n) is 2.55. The van der Waals surface area contributed by atoms with Crippen LogP contribution in [0.2, 0.25) is 0 Å². The van der Waals surface area contributed by atoms with E-state index in [2.05, 4.69) is 0 Å². The molecule has 0 amide bonds. The molecule has 14 heavy (non-hydrogen) atoms. The quantitative estimate of drug-likeness (QED) is 0.230. The molecule has 0 unspecified atom stereocenters. The second-order valence-electron chi connectivity index (χ2n) is 1.52. The van der Waals surface area contributed by atoms with Gasteiger partial charge < -0.3 is 27.7 Å². The van der Waals surface area contributed by atoms with Crippen LogP contribution in [0.5, 0.6) is 0 Å². The topological polar surface area (TPSA) is 152 Å². The molecule has 0 aliphatic carbocycles. The summed E-state index contributed by atoms with van der Waals surface area (Å²) in [6.45, 7) is 0. The molecular weight excluding hydrogens is 247 g/mol. The van der Waals surface area contributed by atoms with Crippen molar-refractivity contribution in [3.05, 3.63) is 12.2 Å². The first-order chi connectivity index (χ1) is 5.63. The summed E-state index contributed by atoms with van der Waals surface area (Å²) in [7, 11) is -4.64. The molecule has 0 bridgehead atoms. The van der Waals surface area contributed by atoms with Crippen molar-refractivity contribution in [1.29, 1.82) is 0 Å².